The van der Waals surface area contributed by atoms with Crippen molar-refractivity contribution in [2.24, 2.45) is 0 Å². The van der Waals surface area contributed by atoms with Crippen molar-refractivity contribution < 1.29 is 14.3 Å². The Hall–Kier alpha value is -3.01. The molecule has 3 rings (SSSR count). The fraction of sp³-hybridized carbons (Fsp3) is 0.0952. The molecule has 0 saturated heterocycles. The van der Waals surface area contributed by atoms with Crippen LogP contribution in [0.2, 0.25) is 0 Å². The first-order valence-corrected chi connectivity index (χ1v) is 7.89. The molecular formula is C21H17BO3. The number of hydrogen-bond acceptors (Lipinski definition) is 3. The summed E-state index contributed by atoms with van der Waals surface area (Å²) >= 11 is 0. The molecule has 3 aromatic carbocycles. The molecule has 0 aliphatic heterocycles. The Balaban J connectivity index is 1.74. The topological polar surface area (TPSA) is 35.5 Å². The molecule has 0 amide bonds. The summed E-state index contributed by atoms with van der Waals surface area (Å²) in [5.74, 6) is 1.98. The third-order valence-corrected chi connectivity index (χ3v) is 3.96. The summed E-state index contributed by atoms with van der Waals surface area (Å²) in [7, 11) is 7.48. The molecule has 25 heavy (non-hydrogen) atoms. The minimum atomic E-state index is -0.0474. The summed E-state index contributed by atoms with van der Waals surface area (Å²) < 4.78 is 10.9. The van der Waals surface area contributed by atoms with Crippen LogP contribution in [-0.4, -0.2) is 20.7 Å². The highest BCUT2D eigenvalue weighted by molar-refractivity contribution is 6.33. The lowest BCUT2D eigenvalue weighted by atomic mass is 9.91. The number of carbonyl (C=O) groups excluding carboxylic acids is 1. The van der Waals surface area contributed by atoms with E-state index in [2.05, 4.69) is 0 Å². The van der Waals surface area contributed by atoms with Crippen molar-refractivity contribution in [3.05, 3.63) is 83.4 Å². The third kappa shape index (κ3) is 3.91. The number of rotatable bonds is 5. The Morgan fingerprint density at radius 1 is 0.800 bits per heavy atom. The molecule has 0 spiro atoms. The molecule has 3 aromatic rings. The Morgan fingerprint density at radius 2 is 1.32 bits per heavy atom. The predicted octanol–water partition coefficient (Wildman–Crippen LogP) is 3.82. The number of hydrogen-bond donors (Lipinski definition) is 0. The highest BCUT2D eigenvalue weighted by atomic mass is 16.5. The monoisotopic (exact) mass is 328 g/mol. The number of ether oxygens (including phenoxy) is 2. The predicted molar refractivity (Wildman–Crippen MR) is 99.5 cm³/mol. The summed E-state index contributed by atoms with van der Waals surface area (Å²) in [6, 6.07) is 19.6. The zero-order chi connectivity index (χ0) is 17.8. The smallest absolute Gasteiger partial charge is 0.193 e. The van der Waals surface area contributed by atoms with E-state index in [1.807, 2.05) is 19.1 Å². The lowest BCUT2D eigenvalue weighted by molar-refractivity contribution is 0.103. The van der Waals surface area contributed by atoms with Crippen LogP contribution in [0.3, 0.4) is 0 Å². The molecule has 0 atom stereocenters. The molecule has 0 fully saturated rings. The summed E-state index contributed by atoms with van der Waals surface area (Å²) in [4.78, 5) is 12.5. The second kappa shape index (κ2) is 7.26. The van der Waals surface area contributed by atoms with Gasteiger partial charge in [-0.3, -0.25) is 4.79 Å². The van der Waals surface area contributed by atoms with Crippen molar-refractivity contribution >= 4 is 19.1 Å². The molecule has 0 aliphatic rings. The molecule has 122 valence electrons. The second-order valence-electron chi connectivity index (χ2n) is 5.70. The molecule has 0 bridgehead atoms. The van der Waals surface area contributed by atoms with Crippen LogP contribution in [0.15, 0.2) is 66.7 Å². The number of aryl methyl sites for hydroxylation is 1. The van der Waals surface area contributed by atoms with Crippen molar-refractivity contribution in [3.8, 4) is 17.2 Å². The maximum Gasteiger partial charge on any atom is 0.193 e. The minimum absolute atomic E-state index is 0.0474. The Kier molecular flexibility index (Phi) is 4.89. The van der Waals surface area contributed by atoms with Crippen LogP contribution < -0.4 is 14.9 Å². The van der Waals surface area contributed by atoms with Crippen LogP contribution >= 0.6 is 0 Å². The van der Waals surface area contributed by atoms with E-state index in [0.29, 0.717) is 28.1 Å². The number of methoxy groups -OCH3 is 1. The van der Waals surface area contributed by atoms with Gasteiger partial charge in [-0.1, -0.05) is 17.1 Å². The standard InChI is InChI=1S/C21H17BO3/c1-14-3-8-19(13-20(14)22)25-18-11-6-16(7-12-18)21(23)15-4-9-17(24-2)10-5-15/h3-13H,1-2H3. The van der Waals surface area contributed by atoms with Gasteiger partial charge in [0.05, 0.1) is 7.11 Å². The lowest BCUT2D eigenvalue weighted by Crippen LogP contribution is -2.06. The first-order chi connectivity index (χ1) is 12.1. The molecule has 0 heterocycles. The minimum Gasteiger partial charge on any atom is -0.497 e. The van der Waals surface area contributed by atoms with Crippen LogP contribution in [0.1, 0.15) is 21.5 Å². The SMILES string of the molecule is [B]c1cc(Oc2ccc(C(=O)c3ccc(OC)cc3)cc2)ccc1C. The van der Waals surface area contributed by atoms with Gasteiger partial charge in [0.1, 0.15) is 25.1 Å². The molecule has 3 nitrogen and oxygen atoms in total. The van der Waals surface area contributed by atoms with Gasteiger partial charge in [0.25, 0.3) is 0 Å². The van der Waals surface area contributed by atoms with Crippen LogP contribution in [0.25, 0.3) is 0 Å². The van der Waals surface area contributed by atoms with Crippen molar-refractivity contribution in [1.29, 1.82) is 0 Å². The average molecular weight is 328 g/mol. The van der Waals surface area contributed by atoms with E-state index in [4.69, 9.17) is 17.3 Å². The van der Waals surface area contributed by atoms with Gasteiger partial charge >= 0.3 is 0 Å². The van der Waals surface area contributed by atoms with Gasteiger partial charge in [0.15, 0.2) is 5.78 Å². The summed E-state index contributed by atoms with van der Waals surface area (Å²) in [6.45, 7) is 1.94. The molecule has 4 heteroatoms. The van der Waals surface area contributed by atoms with Crippen molar-refractivity contribution in [1.82, 2.24) is 0 Å². The van der Waals surface area contributed by atoms with E-state index in [0.717, 1.165) is 11.3 Å². The zero-order valence-corrected chi connectivity index (χ0v) is 14.2. The van der Waals surface area contributed by atoms with Crippen LogP contribution in [0.4, 0.5) is 0 Å². The fourth-order valence-corrected chi connectivity index (χ4v) is 2.40. The molecule has 0 aliphatic carbocycles. The highest BCUT2D eigenvalue weighted by Gasteiger charge is 2.09. The van der Waals surface area contributed by atoms with E-state index in [1.165, 1.54) is 0 Å². The largest absolute Gasteiger partial charge is 0.497 e. The quantitative estimate of drug-likeness (QED) is 0.528. The molecule has 0 unspecified atom stereocenters. The van der Waals surface area contributed by atoms with E-state index in [9.17, 15) is 4.79 Å². The Labute approximate surface area is 148 Å². The number of benzene rings is 3. The van der Waals surface area contributed by atoms with Gasteiger partial charge < -0.3 is 9.47 Å². The fourth-order valence-electron chi connectivity index (χ4n) is 2.40. The number of carbonyl (C=O) groups is 1. The van der Waals surface area contributed by atoms with Crippen LogP contribution in [0.5, 0.6) is 17.2 Å². The average Bonchev–Trinajstić information content (AvgIpc) is 2.65. The van der Waals surface area contributed by atoms with Crippen molar-refractivity contribution in [2.45, 2.75) is 6.92 Å². The van der Waals surface area contributed by atoms with Gasteiger partial charge in [0.2, 0.25) is 0 Å². The summed E-state index contributed by atoms with van der Waals surface area (Å²) in [5, 5.41) is 0. The maximum absolute atomic E-state index is 12.5. The van der Waals surface area contributed by atoms with Crippen LogP contribution in [0, 0.1) is 6.92 Å². The Bertz CT molecular complexity index is 884. The zero-order valence-electron chi connectivity index (χ0n) is 14.2. The Morgan fingerprint density at radius 3 is 1.84 bits per heavy atom. The molecule has 0 N–H and O–H groups in total. The molecule has 2 radical (unpaired) electrons. The van der Waals surface area contributed by atoms with E-state index in [1.54, 1.807) is 61.7 Å². The van der Waals surface area contributed by atoms with Gasteiger partial charge in [-0.05, 0) is 67.6 Å². The number of ketones is 1. The highest BCUT2D eigenvalue weighted by Crippen LogP contribution is 2.22. The lowest BCUT2D eigenvalue weighted by Gasteiger charge is -2.09. The third-order valence-electron chi connectivity index (χ3n) is 3.96. The summed E-state index contributed by atoms with van der Waals surface area (Å²) in [5.41, 5.74) is 2.90. The first-order valence-electron chi connectivity index (χ1n) is 7.89. The van der Waals surface area contributed by atoms with Gasteiger partial charge in [-0.2, -0.15) is 0 Å². The van der Waals surface area contributed by atoms with E-state index < -0.39 is 0 Å². The van der Waals surface area contributed by atoms with Crippen molar-refractivity contribution in [3.63, 3.8) is 0 Å². The van der Waals surface area contributed by atoms with E-state index in [-0.39, 0.29) is 5.78 Å². The first kappa shape index (κ1) is 16.8. The molecular weight excluding hydrogens is 311 g/mol. The normalized spacial score (nSPS) is 10.3. The second-order valence-corrected chi connectivity index (χ2v) is 5.70. The van der Waals surface area contributed by atoms with Crippen LogP contribution in [-0.2, 0) is 0 Å². The van der Waals surface area contributed by atoms with E-state index >= 15 is 0 Å². The summed E-state index contributed by atoms with van der Waals surface area (Å²) in [6.07, 6.45) is 0. The van der Waals surface area contributed by atoms with Crippen molar-refractivity contribution in [2.75, 3.05) is 7.11 Å². The van der Waals surface area contributed by atoms with Gasteiger partial charge in [-0.25, -0.2) is 0 Å². The molecule has 0 saturated carbocycles. The van der Waals surface area contributed by atoms with Gasteiger partial charge in [0, 0.05) is 11.1 Å². The van der Waals surface area contributed by atoms with Gasteiger partial charge in [-0.15, -0.1) is 0 Å². The molecule has 0 aromatic heterocycles. The maximum atomic E-state index is 12.5.